The highest BCUT2D eigenvalue weighted by molar-refractivity contribution is 7.92. The van der Waals surface area contributed by atoms with E-state index in [0.29, 0.717) is 24.5 Å². The maximum absolute atomic E-state index is 12.8. The fourth-order valence-corrected chi connectivity index (χ4v) is 6.35. The molecule has 1 aromatic heterocycles. The van der Waals surface area contributed by atoms with Gasteiger partial charge in [-0.05, 0) is 49.1 Å². The van der Waals surface area contributed by atoms with Gasteiger partial charge in [0, 0.05) is 25.9 Å². The van der Waals surface area contributed by atoms with E-state index in [9.17, 15) is 18.0 Å². The molecular formula is C24H27N3O5S2. The van der Waals surface area contributed by atoms with Crippen molar-refractivity contribution in [1.82, 2.24) is 4.57 Å². The molecule has 0 radical (unpaired) electrons. The van der Waals surface area contributed by atoms with Gasteiger partial charge in [-0.3, -0.25) is 9.59 Å². The predicted octanol–water partition coefficient (Wildman–Crippen LogP) is 2.48. The molecular weight excluding hydrogens is 474 g/mol. The van der Waals surface area contributed by atoms with E-state index in [1.807, 2.05) is 54.0 Å². The second-order valence-corrected chi connectivity index (χ2v) is 11.4. The lowest BCUT2D eigenvalue weighted by atomic mass is 10.0. The number of anilines is 1. The lowest BCUT2D eigenvalue weighted by Crippen LogP contribution is -2.40. The molecule has 1 aliphatic heterocycles. The van der Waals surface area contributed by atoms with Crippen LogP contribution in [0.4, 0.5) is 5.69 Å². The van der Waals surface area contributed by atoms with Gasteiger partial charge in [0.25, 0.3) is 5.91 Å². The van der Waals surface area contributed by atoms with Gasteiger partial charge in [-0.1, -0.05) is 35.6 Å². The van der Waals surface area contributed by atoms with Crippen LogP contribution >= 0.6 is 11.3 Å². The zero-order valence-electron chi connectivity index (χ0n) is 19.2. The van der Waals surface area contributed by atoms with Crippen molar-refractivity contribution < 1.29 is 22.7 Å². The molecule has 0 saturated heterocycles. The van der Waals surface area contributed by atoms with Gasteiger partial charge in [0.1, 0.15) is 11.5 Å². The van der Waals surface area contributed by atoms with E-state index >= 15 is 0 Å². The van der Waals surface area contributed by atoms with Crippen LogP contribution in [0.5, 0.6) is 0 Å². The lowest BCUT2D eigenvalue weighted by molar-refractivity contribution is -0.116. The SMILES string of the molecule is COCCn1c(=NC(=O)CS(=O)(=O)CC(=O)N2CCCc3ccccc32)sc2cc(C)ccc21. The van der Waals surface area contributed by atoms with Crippen LogP contribution < -0.4 is 9.70 Å². The molecule has 0 aliphatic carbocycles. The number of carbonyl (C=O) groups excluding carboxylic acids is 2. The van der Waals surface area contributed by atoms with Crippen LogP contribution in [-0.4, -0.2) is 56.6 Å². The van der Waals surface area contributed by atoms with Crippen molar-refractivity contribution >= 4 is 48.9 Å². The van der Waals surface area contributed by atoms with Gasteiger partial charge in [0.05, 0.1) is 16.8 Å². The molecule has 1 aliphatic rings. The monoisotopic (exact) mass is 501 g/mol. The third kappa shape index (κ3) is 5.45. The Morgan fingerprint density at radius 2 is 1.94 bits per heavy atom. The summed E-state index contributed by atoms with van der Waals surface area (Å²) in [5.74, 6) is -2.85. The number of nitrogens with zero attached hydrogens (tertiary/aromatic N) is 3. The second-order valence-electron chi connectivity index (χ2n) is 8.32. The van der Waals surface area contributed by atoms with Crippen molar-refractivity contribution in [1.29, 1.82) is 0 Å². The molecule has 0 saturated carbocycles. The number of sulfone groups is 1. The zero-order valence-corrected chi connectivity index (χ0v) is 20.8. The van der Waals surface area contributed by atoms with Crippen molar-refractivity contribution in [2.75, 3.05) is 36.7 Å². The number of rotatable bonds is 7. The molecule has 3 aromatic rings. The number of thiazole rings is 1. The highest BCUT2D eigenvalue weighted by Crippen LogP contribution is 2.27. The van der Waals surface area contributed by atoms with Crippen LogP contribution in [0.25, 0.3) is 10.2 Å². The van der Waals surface area contributed by atoms with Crippen molar-refractivity contribution in [3.05, 3.63) is 58.4 Å². The summed E-state index contributed by atoms with van der Waals surface area (Å²) in [6.45, 7) is 3.34. The van der Waals surface area contributed by atoms with E-state index in [-0.39, 0.29) is 0 Å². The Hall–Kier alpha value is -2.82. The minimum atomic E-state index is -3.98. The molecule has 10 heteroatoms. The molecule has 180 valence electrons. The summed E-state index contributed by atoms with van der Waals surface area (Å²) in [6.07, 6.45) is 1.62. The minimum Gasteiger partial charge on any atom is -0.383 e. The van der Waals surface area contributed by atoms with Gasteiger partial charge in [0.15, 0.2) is 14.6 Å². The number of aromatic nitrogens is 1. The van der Waals surface area contributed by atoms with E-state index in [0.717, 1.165) is 39.9 Å². The number of amides is 2. The number of benzene rings is 2. The zero-order chi connectivity index (χ0) is 24.3. The quantitative estimate of drug-likeness (QED) is 0.495. The summed E-state index contributed by atoms with van der Waals surface area (Å²) in [4.78, 5) is 31.5. The lowest BCUT2D eigenvalue weighted by Gasteiger charge is -2.29. The average Bonchev–Trinajstić information content (AvgIpc) is 3.11. The number of methoxy groups -OCH3 is 1. The number of carbonyl (C=O) groups is 2. The molecule has 8 nitrogen and oxygen atoms in total. The average molecular weight is 502 g/mol. The van der Waals surface area contributed by atoms with Gasteiger partial charge in [0.2, 0.25) is 5.91 Å². The highest BCUT2D eigenvalue weighted by atomic mass is 32.2. The van der Waals surface area contributed by atoms with Crippen LogP contribution in [0, 0.1) is 6.92 Å². The Bertz CT molecular complexity index is 1410. The van der Waals surface area contributed by atoms with Crippen LogP contribution in [0.3, 0.4) is 0 Å². The van der Waals surface area contributed by atoms with Crippen molar-refractivity contribution in [3.63, 3.8) is 0 Å². The fraction of sp³-hybridized carbons (Fsp3) is 0.375. The molecule has 2 aromatic carbocycles. The molecule has 0 spiro atoms. The first-order chi connectivity index (χ1) is 16.3. The molecule has 2 amide bonds. The molecule has 4 rings (SSSR count). The van der Waals surface area contributed by atoms with E-state index in [1.165, 1.54) is 16.2 Å². The van der Waals surface area contributed by atoms with Crippen LogP contribution in [0.15, 0.2) is 47.5 Å². The summed E-state index contributed by atoms with van der Waals surface area (Å²) in [6, 6.07) is 13.4. The highest BCUT2D eigenvalue weighted by Gasteiger charge is 2.28. The Labute approximate surface area is 202 Å². The van der Waals surface area contributed by atoms with Gasteiger partial charge >= 0.3 is 0 Å². The number of ether oxygens (including phenoxy) is 1. The van der Waals surface area contributed by atoms with E-state index in [1.54, 1.807) is 7.11 Å². The molecule has 0 N–H and O–H groups in total. The number of aryl methyl sites for hydroxylation is 2. The molecule has 0 atom stereocenters. The van der Waals surface area contributed by atoms with Crippen molar-refractivity contribution in [3.8, 4) is 0 Å². The second kappa shape index (κ2) is 10.2. The summed E-state index contributed by atoms with van der Waals surface area (Å²) in [5.41, 5.74) is 3.74. The van der Waals surface area contributed by atoms with Crippen LogP contribution in [0.1, 0.15) is 17.5 Å². The fourth-order valence-electron chi connectivity index (χ4n) is 4.10. The van der Waals surface area contributed by atoms with Crippen LogP contribution in [-0.2, 0) is 37.1 Å². The standard InChI is InChI=1S/C24H27N3O5S2/c1-17-9-10-20-21(14-17)33-24(27(20)12-13-32-2)25-22(28)15-34(30,31)16-23(29)26-11-5-7-18-6-3-4-8-19(18)26/h3-4,6,8-10,14H,5,7,11-13,15-16H2,1-2H3. The Balaban J connectivity index is 1.53. The summed E-state index contributed by atoms with van der Waals surface area (Å²) < 4.78 is 33.4. The van der Waals surface area contributed by atoms with Crippen molar-refractivity contribution in [2.24, 2.45) is 4.99 Å². The summed E-state index contributed by atoms with van der Waals surface area (Å²) in [5, 5.41) is 0. The molecule has 0 unspecified atom stereocenters. The van der Waals surface area contributed by atoms with E-state index in [2.05, 4.69) is 4.99 Å². The normalized spacial score (nSPS) is 14.4. The van der Waals surface area contributed by atoms with Crippen molar-refractivity contribution in [2.45, 2.75) is 26.3 Å². The third-order valence-electron chi connectivity index (χ3n) is 5.68. The largest absolute Gasteiger partial charge is 0.383 e. The first-order valence-corrected chi connectivity index (χ1v) is 13.7. The maximum Gasteiger partial charge on any atom is 0.263 e. The van der Waals surface area contributed by atoms with Crippen LogP contribution in [0.2, 0.25) is 0 Å². The number of para-hydroxylation sites is 1. The Morgan fingerprint density at radius 3 is 2.74 bits per heavy atom. The Kier molecular flexibility index (Phi) is 7.30. The number of hydrogen-bond acceptors (Lipinski definition) is 6. The summed E-state index contributed by atoms with van der Waals surface area (Å²) in [7, 11) is -2.39. The van der Waals surface area contributed by atoms with Gasteiger partial charge < -0.3 is 14.2 Å². The number of fused-ring (bicyclic) bond motifs is 2. The Morgan fingerprint density at radius 1 is 1.15 bits per heavy atom. The molecule has 2 heterocycles. The third-order valence-corrected chi connectivity index (χ3v) is 8.09. The molecule has 0 fully saturated rings. The predicted molar refractivity (Wildman–Crippen MR) is 133 cm³/mol. The van der Waals surface area contributed by atoms with Gasteiger partial charge in [-0.15, -0.1) is 0 Å². The van der Waals surface area contributed by atoms with E-state index < -0.39 is 33.2 Å². The number of hydrogen-bond donors (Lipinski definition) is 0. The van der Waals surface area contributed by atoms with Gasteiger partial charge in [-0.25, -0.2) is 8.42 Å². The smallest absolute Gasteiger partial charge is 0.263 e. The topological polar surface area (TPSA) is 98.0 Å². The molecule has 0 bridgehead atoms. The molecule has 34 heavy (non-hydrogen) atoms. The van der Waals surface area contributed by atoms with E-state index in [4.69, 9.17) is 4.74 Å². The maximum atomic E-state index is 12.8. The first-order valence-electron chi connectivity index (χ1n) is 11.0. The first kappa shape index (κ1) is 24.3. The van der Waals surface area contributed by atoms with Gasteiger partial charge in [-0.2, -0.15) is 4.99 Å². The summed E-state index contributed by atoms with van der Waals surface area (Å²) >= 11 is 1.32. The minimum absolute atomic E-state index is 0.411.